The molecule has 0 bridgehead atoms. The molecule has 114 valence electrons. The van der Waals surface area contributed by atoms with Gasteiger partial charge in [0.1, 0.15) is 0 Å². The molecule has 0 saturated heterocycles. The van der Waals surface area contributed by atoms with Gasteiger partial charge >= 0.3 is 0 Å². The molecule has 2 rings (SSSR count). The topological polar surface area (TPSA) is 120 Å². The van der Waals surface area contributed by atoms with Crippen molar-refractivity contribution in [3.8, 4) is 0 Å². The average Bonchev–Trinajstić information content (AvgIpc) is 2.39. The van der Waals surface area contributed by atoms with Crippen molar-refractivity contribution >= 4 is 42.6 Å². The summed E-state index contributed by atoms with van der Waals surface area (Å²) in [5.74, 6) is 0. The Morgan fingerprint density at radius 3 is 1.38 bits per heavy atom. The summed E-state index contributed by atoms with van der Waals surface area (Å²) in [7, 11) is -7.03. The normalized spacial score (nSPS) is 11.4. The lowest BCUT2D eigenvalue weighted by Crippen LogP contribution is -2.11. The molecule has 0 unspecified atom stereocenters. The summed E-state index contributed by atoms with van der Waals surface area (Å²) < 4.78 is 43.6. The molecule has 21 heavy (non-hydrogen) atoms. The Morgan fingerprint density at radius 2 is 1.05 bits per heavy atom. The van der Waals surface area contributed by atoms with E-state index in [1.807, 2.05) is 0 Å². The van der Waals surface area contributed by atoms with Crippen LogP contribution >= 0.6 is 22.6 Å². The average molecular weight is 440 g/mol. The van der Waals surface area contributed by atoms with Crippen LogP contribution in [0.25, 0.3) is 0 Å². The second-order valence-corrected chi connectivity index (χ2v) is 8.23. The maximum absolute atomic E-state index is 10.7. The lowest BCUT2D eigenvalue weighted by molar-refractivity contribution is 0.596. The first-order valence-corrected chi connectivity index (χ1v) is 9.64. The predicted molar refractivity (Wildman–Crippen MR) is 88.3 cm³/mol. The van der Waals surface area contributed by atoms with Crippen LogP contribution < -0.4 is 10.3 Å². The maximum atomic E-state index is 10.7. The number of hydrogen-bond donors (Lipinski definition) is 2. The van der Waals surface area contributed by atoms with Crippen molar-refractivity contribution in [3.05, 3.63) is 58.2 Å². The van der Waals surface area contributed by atoms with Gasteiger partial charge in [-0.2, -0.15) is 0 Å². The zero-order chi connectivity index (χ0) is 16.1. The van der Waals surface area contributed by atoms with Gasteiger partial charge in [0.15, 0.2) is 0 Å². The molecule has 4 N–H and O–H groups in total. The first kappa shape index (κ1) is 18.0. The van der Waals surface area contributed by atoms with Gasteiger partial charge in [0.2, 0.25) is 20.0 Å². The zero-order valence-corrected chi connectivity index (χ0v) is 14.5. The van der Waals surface area contributed by atoms with Crippen LogP contribution in [-0.2, 0) is 20.0 Å². The van der Waals surface area contributed by atoms with Crippen LogP contribution in [0.3, 0.4) is 0 Å². The molecule has 0 radical (unpaired) electrons. The van der Waals surface area contributed by atoms with Crippen molar-refractivity contribution < 1.29 is 16.8 Å². The standard InChI is InChI=1S/C6H6INO2S.C6H7NO2S/c7-5-1-3-6(4-2-5)11(8,9)10;7-10(8,9)6-4-2-1-3-5-6/h1-4H,(H2,8,9,10);1-5H,(H2,7,8,9). The molecular formula is C12H13IN2O4S2. The van der Waals surface area contributed by atoms with Crippen molar-refractivity contribution in [1.82, 2.24) is 0 Å². The molecule has 0 aliphatic carbocycles. The lowest BCUT2D eigenvalue weighted by Gasteiger charge is -1.95. The molecule has 9 heteroatoms. The first-order valence-electron chi connectivity index (χ1n) is 5.47. The van der Waals surface area contributed by atoms with Crippen LogP contribution in [0, 0.1) is 3.57 Å². The van der Waals surface area contributed by atoms with Gasteiger partial charge in [-0.3, -0.25) is 0 Å². The highest BCUT2D eigenvalue weighted by atomic mass is 127. The fourth-order valence-corrected chi connectivity index (χ4v) is 2.65. The molecule has 0 aliphatic heterocycles. The van der Waals surface area contributed by atoms with Crippen molar-refractivity contribution in [1.29, 1.82) is 0 Å². The molecule has 2 aromatic carbocycles. The first-order chi connectivity index (χ1) is 9.60. The van der Waals surface area contributed by atoms with Crippen molar-refractivity contribution in [2.75, 3.05) is 0 Å². The third kappa shape index (κ3) is 6.52. The van der Waals surface area contributed by atoms with Gasteiger partial charge in [-0.25, -0.2) is 27.1 Å². The molecule has 2 aromatic rings. The van der Waals surface area contributed by atoms with E-state index < -0.39 is 20.0 Å². The highest BCUT2D eigenvalue weighted by Crippen LogP contribution is 2.09. The fourth-order valence-electron chi connectivity index (χ4n) is 1.23. The number of sulfonamides is 2. The Hall–Kier alpha value is -1.01. The van der Waals surface area contributed by atoms with E-state index in [1.165, 1.54) is 24.3 Å². The van der Waals surface area contributed by atoms with Gasteiger partial charge in [0.05, 0.1) is 9.79 Å². The number of benzene rings is 2. The molecule has 0 aromatic heterocycles. The molecular weight excluding hydrogens is 427 g/mol. The van der Waals surface area contributed by atoms with Gasteiger partial charge in [-0.05, 0) is 59.0 Å². The van der Waals surface area contributed by atoms with E-state index in [0.717, 1.165) is 3.57 Å². The second kappa shape index (κ2) is 7.31. The molecule has 0 amide bonds. The smallest absolute Gasteiger partial charge is 0.225 e. The molecule has 0 saturated carbocycles. The number of hydrogen-bond acceptors (Lipinski definition) is 4. The minimum Gasteiger partial charge on any atom is -0.225 e. The van der Waals surface area contributed by atoms with Gasteiger partial charge in [0, 0.05) is 3.57 Å². The second-order valence-electron chi connectivity index (χ2n) is 3.86. The van der Waals surface area contributed by atoms with Crippen LogP contribution in [-0.4, -0.2) is 16.8 Å². The molecule has 0 fully saturated rings. The maximum Gasteiger partial charge on any atom is 0.238 e. The van der Waals surface area contributed by atoms with Crippen LogP contribution in [0.2, 0.25) is 0 Å². The Labute approximate surface area is 137 Å². The molecule has 0 aliphatic rings. The van der Waals surface area contributed by atoms with Gasteiger partial charge in [-0.15, -0.1) is 0 Å². The van der Waals surface area contributed by atoms with Crippen LogP contribution in [0.15, 0.2) is 64.4 Å². The number of nitrogens with two attached hydrogens (primary N) is 2. The SMILES string of the molecule is NS(=O)(=O)c1ccc(I)cc1.NS(=O)(=O)c1ccccc1. The Kier molecular flexibility index (Phi) is 6.28. The largest absolute Gasteiger partial charge is 0.238 e. The molecule has 0 spiro atoms. The number of rotatable bonds is 2. The number of halogens is 1. The summed E-state index contributed by atoms with van der Waals surface area (Å²) in [6, 6.07) is 14.2. The van der Waals surface area contributed by atoms with E-state index in [9.17, 15) is 16.8 Å². The van der Waals surface area contributed by atoms with E-state index in [4.69, 9.17) is 10.3 Å². The Bertz CT molecular complexity index is 789. The van der Waals surface area contributed by atoms with Gasteiger partial charge < -0.3 is 0 Å². The van der Waals surface area contributed by atoms with Crippen molar-refractivity contribution in [3.63, 3.8) is 0 Å². The van der Waals surface area contributed by atoms with E-state index in [-0.39, 0.29) is 9.79 Å². The van der Waals surface area contributed by atoms with Gasteiger partial charge in [-0.1, -0.05) is 18.2 Å². The summed E-state index contributed by atoms with van der Waals surface area (Å²) in [6.07, 6.45) is 0. The quantitative estimate of drug-likeness (QED) is 0.684. The summed E-state index contributed by atoms with van der Waals surface area (Å²) >= 11 is 2.09. The summed E-state index contributed by atoms with van der Waals surface area (Å²) in [6.45, 7) is 0. The van der Waals surface area contributed by atoms with Gasteiger partial charge in [0.25, 0.3) is 0 Å². The highest BCUT2D eigenvalue weighted by molar-refractivity contribution is 14.1. The van der Waals surface area contributed by atoms with E-state index in [0.29, 0.717) is 0 Å². The minimum absolute atomic E-state index is 0.148. The Morgan fingerprint density at radius 1 is 0.667 bits per heavy atom. The summed E-state index contributed by atoms with van der Waals surface area (Å²) in [4.78, 5) is 0.299. The third-order valence-corrected chi connectivity index (χ3v) is 4.79. The Balaban J connectivity index is 0.000000211. The molecule has 0 atom stereocenters. The minimum atomic E-state index is -3.52. The van der Waals surface area contributed by atoms with Crippen LogP contribution in [0.5, 0.6) is 0 Å². The highest BCUT2D eigenvalue weighted by Gasteiger charge is 2.05. The monoisotopic (exact) mass is 440 g/mol. The summed E-state index contributed by atoms with van der Waals surface area (Å²) in [5.41, 5.74) is 0. The van der Waals surface area contributed by atoms with E-state index in [1.54, 1.807) is 30.3 Å². The van der Waals surface area contributed by atoms with Crippen LogP contribution in [0.1, 0.15) is 0 Å². The van der Waals surface area contributed by atoms with Crippen molar-refractivity contribution in [2.45, 2.75) is 9.79 Å². The van der Waals surface area contributed by atoms with E-state index in [2.05, 4.69) is 22.6 Å². The van der Waals surface area contributed by atoms with Crippen molar-refractivity contribution in [2.24, 2.45) is 10.3 Å². The zero-order valence-electron chi connectivity index (χ0n) is 10.7. The molecule has 6 nitrogen and oxygen atoms in total. The third-order valence-electron chi connectivity index (χ3n) is 2.21. The van der Waals surface area contributed by atoms with E-state index >= 15 is 0 Å². The predicted octanol–water partition coefficient (Wildman–Crippen LogP) is 1.27. The molecule has 0 heterocycles. The number of primary sulfonamides is 2. The fraction of sp³-hybridized carbons (Fsp3) is 0. The summed E-state index contributed by atoms with van der Waals surface area (Å²) in [5, 5.41) is 9.71. The lowest BCUT2D eigenvalue weighted by atomic mass is 10.4. The van der Waals surface area contributed by atoms with Crippen LogP contribution in [0.4, 0.5) is 0 Å².